The number of nitrogens with zero attached hydrogens (tertiary/aromatic N) is 2. The van der Waals surface area contributed by atoms with Gasteiger partial charge in [0.2, 0.25) is 11.7 Å². The number of ether oxygens (including phenoxy) is 4. The summed E-state index contributed by atoms with van der Waals surface area (Å²) in [6.45, 7) is 1.05. The molecule has 0 unspecified atom stereocenters. The molecule has 1 fully saturated rings. The molecule has 1 saturated heterocycles. The molecular weight excluding hydrogens is 524 g/mol. The van der Waals surface area contributed by atoms with E-state index in [9.17, 15) is 14.4 Å². The number of methoxy groups -OCH3 is 4. The van der Waals surface area contributed by atoms with Gasteiger partial charge in [-0.05, 0) is 43.2 Å². The summed E-state index contributed by atoms with van der Waals surface area (Å²) in [5.74, 6) is 0.493. The van der Waals surface area contributed by atoms with Crippen LogP contribution in [0.5, 0.6) is 23.0 Å². The van der Waals surface area contributed by atoms with E-state index in [1.807, 2.05) is 0 Å². The summed E-state index contributed by atoms with van der Waals surface area (Å²) < 4.78 is 21.5. The van der Waals surface area contributed by atoms with Gasteiger partial charge in [-0.25, -0.2) is 4.98 Å². The number of benzene rings is 2. The fourth-order valence-corrected chi connectivity index (χ4v) is 5.47. The van der Waals surface area contributed by atoms with E-state index in [1.54, 1.807) is 28.5 Å². The molecular formula is C27H30N4O7S. The first kappa shape index (κ1) is 27.7. The van der Waals surface area contributed by atoms with Crippen molar-refractivity contribution >= 4 is 34.7 Å². The first-order chi connectivity index (χ1) is 18.8. The zero-order valence-corrected chi connectivity index (χ0v) is 22.9. The average molecular weight is 555 g/mol. The number of aromatic nitrogens is 1. The number of thiazole rings is 1. The highest BCUT2D eigenvalue weighted by atomic mass is 32.1. The Bertz CT molecular complexity index is 1380. The summed E-state index contributed by atoms with van der Waals surface area (Å²) in [5.41, 5.74) is 6.59. The third-order valence-corrected chi connectivity index (χ3v) is 7.56. The molecule has 2 heterocycles. The Kier molecular flexibility index (Phi) is 8.55. The lowest BCUT2D eigenvalue weighted by Crippen LogP contribution is -2.38. The largest absolute Gasteiger partial charge is 0.495 e. The number of nitrogens with one attached hydrogen (secondary N) is 1. The molecule has 2 aromatic carbocycles. The van der Waals surface area contributed by atoms with E-state index >= 15 is 0 Å². The minimum absolute atomic E-state index is 0.112. The van der Waals surface area contributed by atoms with Crippen molar-refractivity contribution in [3.63, 3.8) is 0 Å². The maximum atomic E-state index is 13.3. The van der Waals surface area contributed by atoms with E-state index in [2.05, 4.69) is 10.3 Å². The second-order valence-electron chi connectivity index (χ2n) is 8.75. The molecule has 4 rings (SSSR count). The van der Waals surface area contributed by atoms with E-state index in [-0.39, 0.29) is 23.1 Å². The van der Waals surface area contributed by atoms with Gasteiger partial charge in [0.15, 0.2) is 11.5 Å². The maximum Gasteiger partial charge on any atom is 0.275 e. The van der Waals surface area contributed by atoms with Crippen LogP contribution in [0.2, 0.25) is 0 Å². The molecule has 1 aliphatic rings. The monoisotopic (exact) mass is 554 g/mol. The van der Waals surface area contributed by atoms with E-state index in [0.717, 1.165) is 5.01 Å². The van der Waals surface area contributed by atoms with Crippen LogP contribution >= 0.6 is 11.3 Å². The van der Waals surface area contributed by atoms with Gasteiger partial charge >= 0.3 is 0 Å². The van der Waals surface area contributed by atoms with Gasteiger partial charge in [0, 0.05) is 30.0 Å². The Hall–Kier alpha value is -4.32. The molecule has 0 saturated carbocycles. The number of amides is 3. The number of hydrogen-bond donors (Lipinski definition) is 2. The molecule has 0 atom stereocenters. The molecule has 3 amide bonds. The minimum atomic E-state index is -0.613. The van der Waals surface area contributed by atoms with Crippen LogP contribution in [0, 0.1) is 0 Å². The molecule has 11 nitrogen and oxygen atoms in total. The Morgan fingerprint density at radius 3 is 2.23 bits per heavy atom. The molecule has 3 N–H and O–H groups in total. The van der Waals surface area contributed by atoms with E-state index < -0.39 is 11.8 Å². The number of piperidine rings is 1. The summed E-state index contributed by atoms with van der Waals surface area (Å²) >= 11 is 1.40. The molecule has 3 aromatic rings. The molecule has 0 radical (unpaired) electrons. The average Bonchev–Trinajstić information content (AvgIpc) is 3.46. The van der Waals surface area contributed by atoms with Gasteiger partial charge in [0.1, 0.15) is 11.4 Å². The van der Waals surface area contributed by atoms with Gasteiger partial charge in [-0.3, -0.25) is 14.4 Å². The van der Waals surface area contributed by atoms with E-state index in [0.29, 0.717) is 60.2 Å². The highest BCUT2D eigenvalue weighted by Gasteiger charge is 2.30. The second kappa shape index (κ2) is 12.0. The fraction of sp³-hybridized carbons (Fsp3) is 0.333. The zero-order valence-electron chi connectivity index (χ0n) is 22.1. The van der Waals surface area contributed by atoms with E-state index in [1.165, 1.54) is 51.9 Å². The summed E-state index contributed by atoms with van der Waals surface area (Å²) in [7, 11) is 5.97. The highest BCUT2D eigenvalue weighted by molar-refractivity contribution is 7.10. The smallest absolute Gasteiger partial charge is 0.275 e. The molecule has 1 aromatic heterocycles. The Morgan fingerprint density at radius 1 is 0.949 bits per heavy atom. The third kappa shape index (κ3) is 5.75. The number of anilines is 1. The van der Waals surface area contributed by atoms with Crippen molar-refractivity contribution < 1.29 is 33.3 Å². The quantitative estimate of drug-likeness (QED) is 0.409. The lowest BCUT2D eigenvalue weighted by atomic mass is 9.97. The van der Waals surface area contributed by atoms with Gasteiger partial charge in [0.05, 0.1) is 44.7 Å². The summed E-state index contributed by atoms with van der Waals surface area (Å²) in [6.07, 6.45) is 1.40. The van der Waals surface area contributed by atoms with Gasteiger partial charge in [-0.2, -0.15) is 0 Å². The molecule has 12 heteroatoms. The lowest BCUT2D eigenvalue weighted by molar-refractivity contribution is 0.0708. The predicted molar refractivity (Wildman–Crippen MR) is 146 cm³/mol. The predicted octanol–water partition coefficient (Wildman–Crippen LogP) is 3.55. The van der Waals surface area contributed by atoms with Crippen LogP contribution in [0.25, 0.3) is 0 Å². The van der Waals surface area contributed by atoms with Crippen molar-refractivity contribution in [2.75, 3.05) is 46.8 Å². The van der Waals surface area contributed by atoms with Crippen LogP contribution in [0.4, 0.5) is 5.69 Å². The Labute approximate surface area is 229 Å². The standard InChI is InChI=1S/C27H30N4O7S/c1-35-20-7-5-16(24(28)32)13-18(20)29-25(33)19-14-39-26(30-19)15-9-11-31(12-10-15)27(34)17-6-8-21(36-2)23(38-4)22(17)37-3/h5-8,13-15H,9-12H2,1-4H3,(H2,28,32)(H,29,33). The van der Waals surface area contributed by atoms with Gasteiger partial charge in [-0.15, -0.1) is 11.3 Å². The number of nitrogens with two attached hydrogens (primary N) is 1. The van der Waals surface area contributed by atoms with Crippen LogP contribution in [0.1, 0.15) is 55.0 Å². The molecule has 0 aliphatic carbocycles. The second-order valence-corrected chi connectivity index (χ2v) is 9.64. The molecule has 0 bridgehead atoms. The summed E-state index contributed by atoms with van der Waals surface area (Å²) in [4.78, 5) is 44.1. The molecule has 206 valence electrons. The SMILES string of the molecule is COc1ccc(C(N)=O)cc1NC(=O)c1csc(C2CCN(C(=O)c3ccc(OC)c(OC)c3OC)CC2)n1. The van der Waals surface area contributed by atoms with Crippen molar-refractivity contribution in [2.24, 2.45) is 5.73 Å². The first-order valence-electron chi connectivity index (χ1n) is 12.1. The Morgan fingerprint density at radius 2 is 1.62 bits per heavy atom. The van der Waals surface area contributed by atoms with Crippen LogP contribution < -0.4 is 30.0 Å². The number of rotatable bonds is 9. The van der Waals surface area contributed by atoms with Crippen molar-refractivity contribution in [3.05, 3.63) is 57.5 Å². The Balaban J connectivity index is 1.42. The maximum absolute atomic E-state index is 13.3. The number of primary amides is 1. The summed E-state index contributed by atoms with van der Waals surface area (Å²) in [6, 6.07) is 7.91. The van der Waals surface area contributed by atoms with Crippen LogP contribution in [0.3, 0.4) is 0 Å². The van der Waals surface area contributed by atoms with Gasteiger partial charge in [0.25, 0.3) is 11.8 Å². The topological polar surface area (TPSA) is 142 Å². The number of likely N-dealkylation sites (tertiary alicyclic amines) is 1. The summed E-state index contributed by atoms with van der Waals surface area (Å²) in [5, 5.41) is 5.27. The van der Waals surface area contributed by atoms with Gasteiger partial charge < -0.3 is 34.9 Å². The fourth-order valence-electron chi connectivity index (χ4n) is 4.49. The van der Waals surface area contributed by atoms with Crippen LogP contribution in [-0.4, -0.2) is 69.1 Å². The minimum Gasteiger partial charge on any atom is -0.495 e. The first-order valence-corrected chi connectivity index (χ1v) is 13.0. The molecule has 39 heavy (non-hydrogen) atoms. The zero-order chi connectivity index (χ0) is 28.1. The van der Waals surface area contributed by atoms with Crippen molar-refractivity contribution in [1.29, 1.82) is 0 Å². The van der Waals surface area contributed by atoms with Gasteiger partial charge in [-0.1, -0.05) is 0 Å². The van der Waals surface area contributed by atoms with Crippen molar-refractivity contribution in [1.82, 2.24) is 9.88 Å². The normalized spacial score (nSPS) is 13.5. The van der Waals surface area contributed by atoms with Crippen molar-refractivity contribution in [2.45, 2.75) is 18.8 Å². The number of carbonyl (C=O) groups excluding carboxylic acids is 3. The highest BCUT2D eigenvalue weighted by Crippen LogP contribution is 2.41. The number of hydrogen-bond acceptors (Lipinski definition) is 9. The third-order valence-electron chi connectivity index (χ3n) is 6.55. The molecule has 1 aliphatic heterocycles. The van der Waals surface area contributed by atoms with E-state index in [4.69, 9.17) is 24.7 Å². The number of carbonyl (C=O) groups is 3. The van der Waals surface area contributed by atoms with Crippen LogP contribution in [-0.2, 0) is 0 Å². The lowest BCUT2D eigenvalue weighted by Gasteiger charge is -2.31. The van der Waals surface area contributed by atoms with Crippen molar-refractivity contribution in [3.8, 4) is 23.0 Å². The molecule has 0 spiro atoms. The van der Waals surface area contributed by atoms with Crippen LogP contribution in [0.15, 0.2) is 35.7 Å².